The van der Waals surface area contributed by atoms with Crippen LogP contribution < -0.4 is 15.4 Å². The number of nitrogens with one attached hydrogen (secondary N) is 2. The summed E-state index contributed by atoms with van der Waals surface area (Å²) in [5.74, 6) is 1.26. The summed E-state index contributed by atoms with van der Waals surface area (Å²) in [5, 5.41) is 5.73. The number of ether oxygens (including phenoxy) is 1. The molecular weight excluding hydrogens is 404 g/mol. The molecule has 2 aromatic rings. The molecule has 7 heteroatoms. The number of hydrogen-bond donors (Lipinski definition) is 2. The van der Waals surface area contributed by atoms with Gasteiger partial charge in [-0.25, -0.2) is 0 Å². The minimum Gasteiger partial charge on any atom is -0.484 e. The van der Waals surface area contributed by atoms with Crippen molar-refractivity contribution in [2.24, 2.45) is 0 Å². The Morgan fingerprint density at radius 3 is 2.81 bits per heavy atom. The molecule has 0 aliphatic heterocycles. The molecule has 1 amide bonds. The normalized spacial score (nSPS) is 10.2. The average molecular weight is 418 g/mol. The highest BCUT2D eigenvalue weighted by Gasteiger charge is 2.06. The van der Waals surface area contributed by atoms with Gasteiger partial charge in [-0.2, -0.15) is 0 Å². The molecular formula is C14H14Br2N2O3. The third-order valence-corrected chi connectivity index (χ3v) is 4.36. The summed E-state index contributed by atoms with van der Waals surface area (Å²) in [5.41, 5.74) is 0.882. The summed E-state index contributed by atoms with van der Waals surface area (Å²) in [7, 11) is 1.57. The highest BCUT2D eigenvalue weighted by Crippen LogP contribution is 2.27. The van der Waals surface area contributed by atoms with Crippen molar-refractivity contribution in [2.45, 2.75) is 6.54 Å². The molecule has 2 N–H and O–H groups in total. The van der Waals surface area contributed by atoms with E-state index in [9.17, 15) is 4.79 Å². The van der Waals surface area contributed by atoms with Gasteiger partial charge in [0.25, 0.3) is 5.91 Å². The first-order chi connectivity index (χ1) is 10.1. The number of carbonyl (C=O) groups excluding carboxylic acids is 1. The van der Waals surface area contributed by atoms with Crippen LogP contribution in [0.1, 0.15) is 5.76 Å². The largest absolute Gasteiger partial charge is 0.484 e. The van der Waals surface area contributed by atoms with E-state index in [2.05, 4.69) is 42.5 Å². The molecule has 0 fully saturated rings. The van der Waals surface area contributed by atoms with Crippen LogP contribution in [-0.4, -0.2) is 19.6 Å². The second-order valence-electron chi connectivity index (χ2n) is 4.18. The Morgan fingerprint density at radius 1 is 1.33 bits per heavy atom. The van der Waals surface area contributed by atoms with Crippen molar-refractivity contribution in [3.8, 4) is 5.75 Å². The van der Waals surface area contributed by atoms with Crippen LogP contribution in [0.2, 0.25) is 0 Å². The maximum absolute atomic E-state index is 11.1. The molecule has 1 aromatic carbocycles. The van der Waals surface area contributed by atoms with Gasteiger partial charge in [-0.05, 0) is 50.1 Å². The van der Waals surface area contributed by atoms with Crippen LogP contribution in [0.3, 0.4) is 0 Å². The number of benzene rings is 1. The van der Waals surface area contributed by atoms with Crippen LogP contribution in [-0.2, 0) is 11.3 Å². The Balaban J connectivity index is 1.92. The zero-order chi connectivity index (χ0) is 15.2. The highest BCUT2D eigenvalue weighted by molar-refractivity contribution is 9.13. The quantitative estimate of drug-likeness (QED) is 0.754. The Bertz CT molecular complexity index is 609. The standard InChI is InChI=1S/C14H14Br2N2O3/c1-17-13(19)8-20-10-4-2-3-9(5-10)18-7-11-6-12(15)14(16)21-11/h2-6,18H,7-8H2,1H3,(H,17,19). The number of likely N-dealkylation sites (N-methyl/N-ethyl adjacent to an activating group) is 1. The number of halogens is 2. The van der Waals surface area contributed by atoms with E-state index in [4.69, 9.17) is 9.15 Å². The number of furan rings is 1. The van der Waals surface area contributed by atoms with E-state index in [1.54, 1.807) is 13.1 Å². The molecule has 2 rings (SSSR count). The SMILES string of the molecule is CNC(=O)COc1cccc(NCc2cc(Br)c(Br)o2)c1. The lowest BCUT2D eigenvalue weighted by Crippen LogP contribution is -2.24. The number of anilines is 1. The fourth-order valence-electron chi connectivity index (χ4n) is 1.58. The predicted molar refractivity (Wildman–Crippen MR) is 87.4 cm³/mol. The predicted octanol–water partition coefficient (Wildman–Crippen LogP) is 3.54. The van der Waals surface area contributed by atoms with Crippen molar-refractivity contribution >= 4 is 43.5 Å². The zero-order valence-corrected chi connectivity index (χ0v) is 14.5. The fraction of sp³-hybridized carbons (Fsp3) is 0.214. The van der Waals surface area contributed by atoms with Gasteiger partial charge >= 0.3 is 0 Å². The Morgan fingerprint density at radius 2 is 2.14 bits per heavy atom. The van der Waals surface area contributed by atoms with E-state index in [0.717, 1.165) is 15.9 Å². The van der Waals surface area contributed by atoms with Gasteiger partial charge in [-0.3, -0.25) is 4.79 Å². The van der Waals surface area contributed by atoms with E-state index in [-0.39, 0.29) is 12.5 Å². The summed E-state index contributed by atoms with van der Waals surface area (Å²) in [6, 6.07) is 9.29. The van der Waals surface area contributed by atoms with Crippen LogP contribution in [0.15, 0.2) is 43.9 Å². The molecule has 0 saturated heterocycles. The van der Waals surface area contributed by atoms with E-state index >= 15 is 0 Å². The maximum Gasteiger partial charge on any atom is 0.257 e. The Hall–Kier alpha value is -1.47. The van der Waals surface area contributed by atoms with Crippen LogP contribution in [0, 0.1) is 0 Å². The smallest absolute Gasteiger partial charge is 0.257 e. The maximum atomic E-state index is 11.1. The third-order valence-electron chi connectivity index (χ3n) is 2.65. The number of amides is 1. The summed E-state index contributed by atoms with van der Waals surface area (Å²) in [4.78, 5) is 11.1. The minimum absolute atomic E-state index is 0.00195. The molecule has 0 radical (unpaired) electrons. The first kappa shape index (κ1) is 15.9. The Labute approximate surface area is 139 Å². The molecule has 0 bridgehead atoms. The molecule has 1 heterocycles. The van der Waals surface area contributed by atoms with Gasteiger partial charge < -0.3 is 19.8 Å². The lowest BCUT2D eigenvalue weighted by Gasteiger charge is -2.08. The van der Waals surface area contributed by atoms with Crippen molar-refractivity contribution in [1.29, 1.82) is 0 Å². The fourth-order valence-corrected chi connectivity index (χ4v) is 2.24. The monoisotopic (exact) mass is 416 g/mol. The van der Waals surface area contributed by atoms with Gasteiger partial charge in [0.15, 0.2) is 11.3 Å². The van der Waals surface area contributed by atoms with Gasteiger partial charge in [0.2, 0.25) is 0 Å². The average Bonchev–Trinajstić information content (AvgIpc) is 2.82. The van der Waals surface area contributed by atoms with E-state index in [1.807, 2.05) is 24.3 Å². The van der Waals surface area contributed by atoms with Crippen molar-refractivity contribution in [1.82, 2.24) is 5.32 Å². The summed E-state index contributed by atoms with van der Waals surface area (Å²) in [6.45, 7) is 0.543. The van der Waals surface area contributed by atoms with Crippen LogP contribution in [0.5, 0.6) is 5.75 Å². The molecule has 5 nitrogen and oxygen atoms in total. The molecule has 1 aromatic heterocycles. The van der Waals surface area contributed by atoms with E-state index < -0.39 is 0 Å². The molecule has 0 spiro atoms. The van der Waals surface area contributed by atoms with Gasteiger partial charge in [0.05, 0.1) is 11.0 Å². The van der Waals surface area contributed by atoms with Crippen molar-refractivity contribution in [3.63, 3.8) is 0 Å². The molecule has 0 aliphatic rings. The summed E-state index contributed by atoms with van der Waals surface area (Å²) >= 11 is 6.66. The minimum atomic E-state index is -0.168. The zero-order valence-electron chi connectivity index (χ0n) is 11.3. The van der Waals surface area contributed by atoms with Crippen LogP contribution in [0.4, 0.5) is 5.69 Å². The number of hydrogen-bond acceptors (Lipinski definition) is 4. The summed E-state index contributed by atoms with van der Waals surface area (Å²) in [6.07, 6.45) is 0. The number of carbonyl (C=O) groups is 1. The third kappa shape index (κ3) is 4.78. The lowest BCUT2D eigenvalue weighted by atomic mass is 10.3. The van der Waals surface area contributed by atoms with Crippen molar-refractivity contribution in [2.75, 3.05) is 19.0 Å². The molecule has 21 heavy (non-hydrogen) atoms. The lowest BCUT2D eigenvalue weighted by molar-refractivity contribution is -0.122. The molecule has 0 unspecified atom stereocenters. The molecule has 112 valence electrons. The molecule has 0 saturated carbocycles. The Kier molecular flexibility index (Phi) is 5.69. The van der Waals surface area contributed by atoms with E-state index in [0.29, 0.717) is 17.0 Å². The molecule has 0 atom stereocenters. The van der Waals surface area contributed by atoms with E-state index in [1.165, 1.54) is 0 Å². The number of rotatable bonds is 6. The summed E-state index contributed by atoms with van der Waals surface area (Å²) < 4.78 is 12.4. The highest BCUT2D eigenvalue weighted by atomic mass is 79.9. The topological polar surface area (TPSA) is 63.5 Å². The first-order valence-electron chi connectivity index (χ1n) is 6.19. The second-order valence-corrected chi connectivity index (χ2v) is 5.75. The van der Waals surface area contributed by atoms with Crippen LogP contribution >= 0.6 is 31.9 Å². The second kappa shape index (κ2) is 7.51. The van der Waals surface area contributed by atoms with Crippen molar-refractivity contribution < 1.29 is 13.9 Å². The van der Waals surface area contributed by atoms with Crippen molar-refractivity contribution in [3.05, 3.63) is 45.2 Å². The van der Waals surface area contributed by atoms with Gasteiger partial charge in [0, 0.05) is 18.8 Å². The van der Waals surface area contributed by atoms with Gasteiger partial charge in [-0.15, -0.1) is 0 Å². The first-order valence-corrected chi connectivity index (χ1v) is 7.78. The molecule has 0 aliphatic carbocycles. The van der Waals surface area contributed by atoms with Crippen LogP contribution in [0.25, 0.3) is 0 Å². The van der Waals surface area contributed by atoms with Gasteiger partial charge in [0.1, 0.15) is 11.5 Å². The van der Waals surface area contributed by atoms with Gasteiger partial charge in [-0.1, -0.05) is 6.07 Å².